The minimum atomic E-state index is 1.16. The molecule has 1 heteroatoms. The molecule has 0 heterocycles. The summed E-state index contributed by atoms with van der Waals surface area (Å²) in [6, 6.07) is 1.74. The number of rotatable bonds is 0. The fourth-order valence-electron chi connectivity index (χ4n) is 0.211. The number of hydrogen-bond acceptors (Lipinski definition) is 1. The van der Waals surface area contributed by atoms with Gasteiger partial charge in [-0.2, -0.15) is 5.26 Å². The summed E-state index contributed by atoms with van der Waals surface area (Å²) in [7, 11) is 0. The number of nitrogens with zero attached hydrogens (tertiary/aromatic N) is 1. The van der Waals surface area contributed by atoms with Gasteiger partial charge in [-0.1, -0.05) is 5.73 Å². The summed E-state index contributed by atoms with van der Waals surface area (Å²) in [5.74, 6) is 0. The zero-order chi connectivity index (χ0) is 7.66. The van der Waals surface area contributed by atoms with E-state index in [4.69, 9.17) is 5.26 Å². The van der Waals surface area contributed by atoms with Crippen molar-refractivity contribution >= 4 is 0 Å². The lowest BCUT2D eigenvalue weighted by Crippen LogP contribution is -1.31. The third-order valence-corrected chi connectivity index (χ3v) is 0.485. The van der Waals surface area contributed by atoms with Crippen LogP contribution in [0.3, 0.4) is 0 Å². The smallest absolute Gasteiger partial charge is 0.100 e. The molecule has 0 bridgehead atoms. The van der Waals surface area contributed by atoms with Crippen LogP contribution < -0.4 is 0 Å². The predicted octanol–water partition coefficient (Wildman–Crippen LogP) is 1.63. The minimum absolute atomic E-state index is 1.16. The zero-order valence-electron chi connectivity index (χ0n) is 5.23. The van der Waals surface area contributed by atoms with Crippen LogP contribution in [0.4, 0.5) is 0 Å². The molecule has 0 atom stereocenters. The lowest BCUT2D eigenvalue weighted by Gasteiger charge is -1.41. The minimum Gasteiger partial charge on any atom is -0.192 e. The first kappa shape index (κ1) is 7.91. The first-order valence-electron chi connectivity index (χ1n) is 2.40. The molecule has 10 heavy (non-hydrogen) atoms. The van der Waals surface area contributed by atoms with Gasteiger partial charge in [0.15, 0.2) is 0 Å². The highest BCUT2D eigenvalue weighted by atomic mass is 14.2. The van der Waals surface area contributed by atoms with Crippen molar-refractivity contribution in [2.75, 3.05) is 0 Å². The molecule has 0 aliphatic carbocycles. The molecule has 0 unspecified atom stereocenters. The Balaban J connectivity index is 4.94. The second kappa shape index (κ2) is 6.91. The van der Waals surface area contributed by atoms with Gasteiger partial charge in [-0.05, 0) is 35.2 Å². The summed E-state index contributed by atoms with van der Waals surface area (Å²) in [6.07, 6.45) is 1.16. The monoisotopic (exact) mass is 125 g/mol. The van der Waals surface area contributed by atoms with Crippen LogP contribution in [-0.2, 0) is 0 Å². The lowest BCUT2D eigenvalue weighted by molar-refractivity contribution is 1.54. The second-order valence-electron chi connectivity index (χ2n) is 1.09. The predicted molar refractivity (Wildman–Crippen MR) is 36.9 cm³/mol. The van der Waals surface area contributed by atoms with Gasteiger partial charge in [0.2, 0.25) is 0 Å². The second-order valence-corrected chi connectivity index (χ2v) is 1.09. The van der Waals surface area contributed by atoms with E-state index in [2.05, 4.69) is 41.0 Å². The standard InChI is InChI=1S/C9H3N/c1-2-3-4-5-6-7-8-9-10/h8H,1H2. The Hall–Kier alpha value is -2.09. The normalized spacial score (nSPS) is 3.90. The highest BCUT2D eigenvalue weighted by Gasteiger charge is 1.46. The van der Waals surface area contributed by atoms with Gasteiger partial charge < -0.3 is 0 Å². The van der Waals surface area contributed by atoms with E-state index in [1.165, 1.54) is 0 Å². The van der Waals surface area contributed by atoms with Crippen LogP contribution in [0.25, 0.3) is 0 Å². The van der Waals surface area contributed by atoms with Gasteiger partial charge in [0, 0.05) is 0 Å². The van der Waals surface area contributed by atoms with Crippen molar-refractivity contribution in [1.29, 1.82) is 5.26 Å². The Labute approximate surface area is 59.2 Å². The maximum atomic E-state index is 7.97. The van der Waals surface area contributed by atoms with E-state index in [0.29, 0.717) is 0 Å². The summed E-state index contributed by atoms with van der Waals surface area (Å²) in [4.78, 5) is 0. The molecule has 0 aliphatic rings. The van der Waals surface area contributed by atoms with Crippen molar-refractivity contribution in [3.63, 3.8) is 0 Å². The summed E-state index contributed by atoms with van der Waals surface area (Å²) >= 11 is 0. The Morgan fingerprint density at radius 2 is 1.80 bits per heavy atom. The fraction of sp³-hybridized carbons (Fsp3) is 0. The van der Waals surface area contributed by atoms with E-state index in [-0.39, 0.29) is 0 Å². The molecule has 1 nitrogen and oxygen atoms in total. The van der Waals surface area contributed by atoms with Crippen molar-refractivity contribution in [3.8, 4) is 6.07 Å². The van der Waals surface area contributed by atoms with Crippen LogP contribution in [0, 0.1) is 11.3 Å². The van der Waals surface area contributed by atoms with Crippen LogP contribution in [0.15, 0.2) is 47.0 Å². The Morgan fingerprint density at radius 1 is 1.10 bits per heavy atom. The van der Waals surface area contributed by atoms with Crippen LogP contribution in [0.1, 0.15) is 0 Å². The molecule has 0 amide bonds. The van der Waals surface area contributed by atoms with Gasteiger partial charge in [-0.25, -0.2) is 0 Å². The molecule has 0 aromatic rings. The average Bonchev–Trinajstić information content (AvgIpc) is 1.97. The third-order valence-electron chi connectivity index (χ3n) is 0.485. The van der Waals surface area contributed by atoms with Gasteiger partial charge in [-0.15, -0.1) is 0 Å². The molecule has 0 aromatic heterocycles. The van der Waals surface area contributed by atoms with E-state index in [0.717, 1.165) is 6.08 Å². The SMILES string of the molecule is C=C=C=C=C=C=C=CC#N. The number of nitriles is 1. The molecule has 0 saturated heterocycles. The zero-order valence-corrected chi connectivity index (χ0v) is 5.23. The van der Waals surface area contributed by atoms with Gasteiger partial charge in [0.25, 0.3) is 0 Å². The van der Waals surface area contributed by atoms with E-state index >= 15 is 0 Å². The lowest BCUT2D eigenvalue weighted by atomic mass is 10.6. The first-order valence-corrected chi connectivity index (χ1v) is 2.40. The van der Waals surface area contributed by atoms with Crippen LogP contribution in [0.2, 0.25) is 0 Å². The third kappa shape index (κ3) is 5.91. The highest BCUT2D eigenvalue weighted by molar-refractivity contribution is 5.01. The Kier molecular flexibility index (Phi) is 5.47. The van der Waals surface area contributed by atoms with E-state index in [9.17, 15) is 0 Å². The van der Waals surface area contributed by atoms with E-state index in [1.54, 1.807) is 6.07 Å². The highest BCUT2D eigenvalue weighted by Crippen LogP contribution is 1.56. The van der Waals surface area contributed by atoms with Crippen molar-refractivity contribution in [1.82, 2.24) is 0 Å². The maximum Gasteiger partial charge on any atom is 0.100 e. The molecular formula is C9H3N. The van der Waals surface area contributed by atoms with Crippen molar-refractivity contribution < 1.29 is 0 Å². The Bertz CT molecular complexity index is 357. The molecule has 44 valence electrons. The molecule has 0 radical (unpaired) electrons. The van der Waals surface area contributed by atoms with Crippen LogP contribution in [0.5, 0.6) is 0 Å². The topological polar surface area (TPSA) is 23.8 Å². The quantitative estimate of drug-likeness (QED) is 0.356. The first-order chi connectivity index (χ1) is 4.91. The van der Waals surface area contributed by atoms with Gasteiger partial charge in [-0.3, -0.25) is 0 Å². The van der Waals surface area contributed by atoms with Crippen LogP contribution in [-0.4, -0.2) is 0 Å². The fourth-order valence-corrected chi connectivity index (χ4v) is 0.211. The van der Waals surface area contributed by atoms with Crippen molar-refractivity contribution in [2.45, 2.75) is 0 Å². The van der Waals surface area contributed by atoms with Crippen LogP contribution >= 0.6 is 0 Å². The van der Waals surface area contributed by atoms with E-state index < -0.39 is 0 Å². The summed E-state index contributed by atoms with van der Waals surface area (Å²) in [5.41, 5.74) is 14.4. The number of allylic oxidation sites excluding steroid dienone is 1. The molecule has 0 rings (SSSR count). The van der Waals surface area contributed by atoms with E-state index in [1.807, 2.05) is 0 Å². The molecule has 0 aromatic carbocycles. The van der Waals surface area contributed by atoms with Crippen molar-refractivity contribution in [3.05, 3.63) is 47.0 Å². The van der Waals surface area contributed by atoms with Gasteiger partial charge in [0.1, 0.15) is 6.07 Å². The molecule has 0 spiro atoms. The summed E-state index contributed by atoms with van der Waals surface area (Å²) < 4.78 is 0. The molecule has 0 N–H and O–H groups in total. The summed E-state index contributed by atoms with van der Waals surface area (Å²) in [6.45, 7) is 3.25. The Morgan fingerprint density at radius 3 is 2.40 bits per heavy atom. The van der Waals surface area contributed by atoms with Gasteiger partial charge >= 0.3 is 0 Å². The summed E-state index contributed by atoms with van der Waals surface area (Å²) in [5, 5.41) is 7.97. The van der Waals surface area contributed by atoms with Crippen molar-refractivity contribution in [2.24, 2.45) is 0 Å². The molecule has 0 fully saturated rings. The largest absolute Gasteiger partial charge is 0.192 e. The maximum absolute atomic E-state index is 7.97. The average molecular weight is 125 g/mol. The molecule has 0 saturated carbocycles. The van der Waals surface area contributed by atoms with Gasteiger partial charge in [0.05, 0.1) is 6.08 Å². The number of hydrogen-bond donors (Lipinski definition) is 0. The molecule has 0 aliphatic heterocycles. The molecular weight excluding hydrogens is 122 g/mol.